The van der Waals surface area contributed by atoms with Crippen LogP contribution in [0.4, 0.5) is 0 Å². The van der Waals surface area contributed by atoms with Gasteiger partial charge in [0.15, 0.2) is 0 Å². The van der Waals surface area contributed by atoms with Gasteiger partial charge in [0.05, 0.1) is 35.5 Å². The van der Waals surface area contributed by atoms with Gasteiger partial charge >= 0.3 is 0 Å². The van der Waals surface area contributed by atoms with Gasteiger partial charge in [-0.1, -0.05) is 0 Å². The van der Waals surface area contributed by atoms with Crippen LogP contribution in [0.5, 0.6) is 5.88 Å². The van der Waals surface area contributed by atoms with Crippen LogP contribution < -0.4 is 10.1 Å². The van der Waals surface area contributed by atoms with Crippen molar-refractivity contribution >= 4 is 28.3 Å². The number of hydrogen-bond acceptors (Lipinski definition) is 7. The van der Waals surface area contributed by atoms with Gasteiger partial charge in [-0.05, 0) is 23.1 Å². The number of hydrogen-bond donors (Lipinski definition) is 1. The van der Waals surface area contributed by atoms with Crippen LogP contribution in [0.15, 0.2) is 36.1 Å². The third-order valence-corrected chi connectivity index (χ3v) is 6.41. The first-order valence-electron chi connectivity index (χ1n) is 10.5. The molecule has 0 aliphatic carbocycles. The van der Waals surface area contributed by atoms with E-state index in [1.807, 2.05) is 41.5 Å². The van der Waals surface area contributed by atoms with Gasteiger partial charge in [0.2, 0.25) is 5.88 Å². The highest BCUT2D eigenvalue weighted by Crippen LogP contribution is 2.29. The molecule has 0 saturated carbocycles. The number of rotatable bonds is 6. The predicted octanol–water partition coefficient (Wildman–Crippen LogP) is 2.72. The van der Waals surface area contributed by atoms with Crippen LogP contribution in [0.2, 0.25) is 0 Å². The first-order valence-corrected chi connectivity index (χ1v) is 11.4. The summed E-state index contributed by atoms with van der Waals surface area (Å²) in [7, 11) is 3.52. The SMILES string of the molecule is CNC(=O)c1cc(Cc2nc(OC3CCOCC3)c3c(ccn3-c3cnn(C)c3)n2)cs1. The number of thiophene rings is 1. The number of aryl methyl sites for hydroxylation is 1. The zero-order valence-electron chi connectivity index (χ0n) is 17.9. The lowest BCUT2D eigenvalue weighted by atomic mass is 10.1. The van der Waals surface area contributed by atoms with Crippen LogP contribution in [0.1, 0.15) is 33.9 Å². The molecule has 5 heterocycles. The van der Waals surface area contributed by atoms with Crippen molar-refractivity contribution in [1.82, 2.24) is 29.6 Å². The van der Waals surface area contributed by atoms with Crippen LogP contribution >= 0.6 is 11.3 Å². The molecule has 4 aromatic rings. The van der Waals surface area contributed by atoms with E-state index in [-0.39, 0.29) is 12.0 Å². The second-order valence-electron chi connectivity index (χ2n) is 7.74. The highest BCUT2D eigenvalue weighted by molar-refractivity contribution is 7.12. The van der Waals surface area contributed by atoms with Crippen molar-refractivity contribution in [2.75, 3.05) is 20.3 Å². The predicted molar refractivity (Wildman–Crippen MR) is 121 cm³/mol. The van der Waals surface area contributed by atoms with Crippen molar-refractivity contribution in [1.29, 1.82) is 0 Å². The fraction of sp³-hybridized carbons (Fsp3) is 0.364. The molecule has 1 N–H and O–H groups in total. The monoisotopic (exact) mass is 452 g/mol. The highest BCUT2D eigenvalue weighted by Gasteiger charge is 2.21. The Hall–Kier alpha value is -3.24. The second kappa shape index (κ2) is 8.71. The van der Waals surface area contributed by atoms with Gasteiger partial charge in [-0.2, -0.15) is 10.1 Å². The fourth-order valence-corrected chi connectivity index (χ4v) is 4.67. The van der Waals surface area contributed by atoms with Gasteiger partial charge in [-0.25, -0.2) is 4.98 Å². The van der Waals surface area contributed by atoms with Crippen molar-refractivity contribution in [3.8, 4) is 11.6 Å². The van der Waals surface area contributed by atoms with E-state index in [0.717, 1.165) is 35.1 Å². The summed E-state index contributed by atoms with van der Waals surface area (Å²) < 4.78 is 15.6. The molecule has 32 heavy (non-hydrogen) atoms. The Kier molecular flexibility index (Phi) is 5.62. The molecule has 166 valence electrons. The lowest BCUT2D eigenvalue weighted by Crippen LogP contribution is -2.26. The Bertz CT molecular complexity index is 1250. The van der Waals surface area contributed by atoms with Crippen LogP contribution in [-0.2, 0) is 18.2 Å². The molecule has 0 radical (unpaired) electrons. The second-order valence-corrected chi connectivity index (χ2v) is 8.65. The molecule has 10 heteroatoms. The van der Waals surface area contributed by atoms with E-state index in [1.165, 1.54) is 11.3 Å². The summed E-state index contributed by atoms with van der Waals surface area (Å²) in [5.74, 6) is 1.13. The van der Waals surface area contributed by atoms with Gasteiger partial charge in [0.1, 0.15) is 17.4 Å². The number of carbonyl (C=O) groups is 1. The van der Waals surface area contributed by atoms with Gasteiger partial charge in [0.25, 0.3) is 5.91 Å². The normalized spacial score (nSPS) is 14.7. The van der Waals surface area contributed by atoms with E-state index in [0.29, 0.717) is 36.2 Å². The minimum atomic E-state index is -0.0882. The Morgan fingerprint density at radius 3 is 2.94 bits per heavy atom. The summed E-state index contributed by atoms with van der Waals surface area (Å²) in [5.41, 5.74) is 3.55. The quantitative estimate of drug-likeness (QED) is 0.483. The van der Waals surface area contributed by atoms with Gasteiger partial charge in [0, 0.05) is 45.8 Å². The number of amides is 1. The third kappa shape index (κ3) is 4.11. The van der Waals surface area contributed by atoms with E-state index in [4.69, 9.17) is 19.4 Å². The number of nitrogens with zero attached hydrogens (tertiary/aromatic N) is 5. The van der Waals surface area contributed by atoms with E-state index in [1.54, 1.807) is 17.9 Å². The molecule has 1 saturated heterocycles. The zero-order chi connectivity index (χ0) is 22.1. The van der Waals surface area contributed by atoms with Crippen LogP contribution in [-0.4, -0.2) is 56.6 Å². The lowest BCUT2D eigenvalue weighted by molar-refractivity contribution is 0.0242. The summed E-state index contributed by atoms with van der Waals surface area (Å²) in [4.78, 5) is 22.2. The average Bonchev–Trinajstić information content (AvgIpc) is 3.54. The van der Waals surface area contributed by atoms with Gasteiger partial charge in [-0.3, -0.25) is 9.48 Å². The summed E-state index contributed by atoms with van der Waals surface area (Å²) in [6.07, 6.45) is 7.93. The Balaban J connectivity index is 1.53. The number of ether oxygens (including phenoxy) is 2. The van der Waals surface area contributed by atoms with Crippen LogP contribution in [0, 0.1) is 0 Å². The molecule has 0 unspecified atom stereocenters. The molecular formula is C22H24N6O3S. The maximum atomic E-state index is 11.9. The van der Waals surface area contributed by atoms with Crippen molar-refractivity contribution < 1.29 is 14.3 Å². The molecule has 0 bridgehead atoms. The minimum Gasteiger partial charge on any atom is -0.473 e. The first-order chi connectivity index (χ1) is 15.6. The van der Waals surface area contributed by atoms with Crippen molar-refractivity contribution in [2.45, 2.75) is 25.4 Å². The molecular weight excluding hydrogens is 428 g/mol. The van der Waals surface area contributed by atoms with Crippen molar-refractivity contribution in [3.05, 3.63) is 52.4 Å². The third-order valence-electron chi connectivity index (χ3n) is 5.43. The van der Waals surface area contributed by atoms with E-state index in [9.17, 15) is 4.79 Å². The largest absolute Gasteiger partial charge is 0.473 e. The van der Waals surface area contributed by atoms with E-state index in [2.05, 4.69) is 10.4 Å². The highest BCUT2D eigenvalue weighted by atomic mass is 32.1. The summed E-state index contributed by atoms with van der Waals surface area (Å²) in [6, 6.07) is 3.85. The molecule has 5 rings (SSSR count). The summed E-state index contributed by atoms with van der Waals surface area (Å²) in [5, 5.41) is 8.92. The molecule has 0 spiro atoms. The lowest BCUT2D eigenvalue weighted by Gasteiger charge is -2.23. The summed E-state index contributed by atoms with van der Waals surface area (Å²) >= 11 is 1.42. The maximum absolute atomic E-state index is 11.9. The van der Waals surface area contributed by atoms with Crippen LogP contribution in [0.3, 0.4) is 0 Å². The average molecular weight is 453 g/mol. The van der Waals surface area contributed by atoms with E-state index >= 15 is 0 Å². The molecule has 0 aromatic carbocycles. The van der Waals surface area contributed by atoms with Crippen LogP contribution in [0.25, 0.3) is 16.7 Å². The van der Waals surface area contributed by atoms with Crippen molar-refractivity contribution in [2.24, 2.45) is 7.05 Å². The minimum absolute atomic E-state index is 0.0490. The topological polar surface area (TPSA) is 96.1 Å². The number of aromatic nitrogens is 5. The molecule has 1 aliphatic heterocycles. The van der Waals surface area contributed by atoms with E-state index < -0.39 is 0 Å². The number of carbonyl (C=O) groups excluding carboxylic acids is 1. The zero-order valence-corrected chi connectivity index (χ0v) is 18.8. The molecule has 1 fully saturated rings. The molecule has 1 amide bonds. The van der Waals surface area contributed by atoms with Crippen molar-refractivity contribution in [3.63, 3.8) is 0 Å². The number of fused-ring (bicyclic) bond motifs is 1. The Morgan fingerprint density at radius 2 is 2.19 bits per heavy atom. The maximum Gasteiger partial charge on any atom is 0.261 e. The fourth-order valence-electron chi connectivity index (χ4n) is 3.81. The summed E-state index contributed by atoms with van der Waals surface area (Å²) in [6.45, 7) is 1.37. The standard InChI is InChI=1S/C22H24N6O3S/c1-23-21(29)18-9-14(13-32-18)10-19-25-17-3-6-28(15-11-24-27(2)12-15)20(17)22(26-19)31-16-4-7-30-8-5-16/h3,6,9,11-13,16H,4-5,7-8,10H2,1-2H3,(H,23,29). The Morgan fingerprint density at radius 1 is 1.34 bits per heavy atom. The molecule has 9 nitrogen and oxygen atoms in total. The van der Waals surface area contributed by atoms with Gasteiger partial charge in [-0.15, -0.1) is 11.3 Å². The molecule has 4 aromatic heterocycles. The number of nitrogens with one attached hydrogen (secondary N) is 1. The Labute approximate surface area is 189 Å². The van der Waals surface area contributed by atoms with Gasteiger partial charge < -0.3 is 19.4 Å². The smallest absolute Gasteiger partial charge is 0.261 e. The first kappa shape index (κ1) is 20.7. The molecule has 0 atom stereocenters. The molecule has 1 aliphatic rings.